The SMILES string of the molecule is O=C(c1ccoc1)C(Cl)c1ccc(F)cc1. The Hall–Kier alpha value is -1.61. The molecule has 0 aliphatic carbocycles. The summed E-state index contributed by atoms with van der Waals surface area (Å²) in [7, 11) is 0. The van der Waals surface area contributed by atoms with Crippen molar-refractivity contribution in [1.82, 2.24) is 0 Å². The van der Waals surface area contributed by atoms with Gasteiger partial charge in [-0.05, 0) is 23.8 Å². The van der Waals surface area contributed by atoms with Crippen molar-refractivity contribution in [3.63, 3.8) is 0 Å². The first kappa shape index (κ1) is 10.9. The minimum atomic E-state index is -0.821. The number of furan rings is 1. The Morgan fingerprint density at radius 3 is 2.50 bits per heavy atom. The monoisotopic (exact) mass is 238 g/mol. The summed E-state index contributed by atoms with van der Waals surface area (Å²) >= 11 is 5.99. The second-order valence-corrected chi connectivity index (χ2v) is 3.73. The lowest BCUT2D eigenvalue weighted by Crippen LogP contribution is -2.06. The van der Waals surface area contributed by atoms with Crippen LogP contribution in [0.5, 0.6) is 0 Å². The highest BCUT2D eigenvalue weighted by atomic mass is 35.5. The third-order valence-corrected chi connectivity index (χ3v) is 2.65. The summed E-state index contributed by atoms with van der Waals surface area (Å²) in [5, 5.41) is -0.821. The molecule has 0 aliphatic rings. The minimum Gasteiger partial charge on any atom is -0.472 e. The van der Waals surface area contributed by atoms with Crippen molar-refractivity contribution in [1.29, 1.82) is 0 Å². The van der Waals surface area contributed by atoms with Gasteiger partial charge in [0.25, 0.3) is 0 Å². The minimum absolute atomic E-state index is 0.262. The number of carbonyl (C=O) groups is 1. The van der Waals surface area contributed by atoms with E-state index in [0.29, 0.717) is 11.1 Å². The summed E-state index contributed by atoms with van der Waals surface area (Å²) in [4.78, 5) is 11.8. The Labute approximate surface area is 96.6 Å². The van der Waals surface area contributed by atoms with Crippen molar-refractivity contribution >= 4 is 17.4 Å². The zero-order chi connectivity index (χ0) is 11.5. The van der Waals surface area contributed by atoms with Crippen molar-refractivity contribution in [3.05, 3.63) is 59.8 Å². The van der Waals surface area contributed by atoms with Gasteiger partial charge in [-0.1, -0.05) is 12.1 Å². The Kier molecular flexibility index (Phi) is 3.06. The molecule has 1 atom stereocenters. The predicted molar refractivity (Wildman–Crippen MR) is 58.0 cm³/mol. The Morgan fingerprint density at radius 2 is 1.94 bits per heavy atom. The number of benzene rings is 1. The molecular formula is C12H8ClFO2. The molecule has 1 aromatic heterocycles. The number of Topliss-reactive ketones (excluding diaryl/α,β-unsaturated/α-hetero) is 1. The van der Waals surface area contributed by atoms with Crippen LogP contribution in [0.4, 0.5) is 4.39 Å². The van der Waals surface area contributed by atoms with Gasteiger partial charge in [-0.25, -0.2) is 4.39 Å². The van der Waals surface area contributed by atoms with Crippen LogP contribution < -0.4 is 0 Å². The summed E-state index contributed by atoms with van der Waals surface area (Å²) in [6, 6.07) is 7.07. The molecule has 2 rings (SSSR count). The van der Waals surface area contributed by atoms with E-state index in [1.165, 1.54) is 36.8 Å². The van der Waals surface area contributed by atoms with Crippen LogP contribution >= 0.6 is 11.6 Å². The van der Waals surface area contributed by atoms with Gasteiger partial charge in [-0.3, -0.25) is 4.79 Å². The first-order chi connectivity index (χ1) is 7.68. The molecule has 0 amide bonds. The van der Waals surface area contributed by atoms with Crippen LogP contribution in [0, 0.1) is 5.82 Å². The number of carbonyl (C=O) groups excluding carboxylic acids is 1. The Bertz CT molecular complexity index is 476. The van der Waals surface area contributed by atoms with Gasteiger partial charge in [0.05, 0.1) is 11.8 Å². The summed E-state index contributed by atoms with van der Waals surface area (Å²) in [6.07, 6.45) is 2.74. The van der Waals surface area contributed by atoms with E-state index in [1.807, 2.05) is 0 Å². The fourth-order valence-electron chi connectivity index (χ4n) is 1.33. The first-order valence-corrected chi connectivity index (χ1v) is 5.08. The maximum absolute atomic E-state index is 12.7. The maximum atomic E-state index is 12.7. The third-order valence-electron chi connectivity index (χ3n) is 2.20. The van der Waals surface area contributed by atoms with Crippen LogP contribution in [0.15, 0.2) is 47.3 Å². The van der Waals surface area contributed by atoms with E-state index in [9.17, 15) is 9.18 Å². The van der Waals surface area contributed by atoms with Crippen LogP contribution in [0.1, 0.15) is 21.3 Å². The molecule has 0 saturated carbocycles. The van der Waals surface area contributed by atoms with Gasteiger partial charge in [0.2, 0.25) is 0 Å². The van der Waals surface area contributed by atoms with E-state index < -0.39 is 5.38 Å². The molecule has 1 unspecified atom stereocenters. The van der Waals surface area contributed by atoms with Gasteiger partial charge >= 0.3 is 0 Å². The normalized spacial score (nSPS) is 12.4. The van der Waals surface area contributed by atoms with Crippen LogP contribution in [0.3, 0.4) is 0 Å². The van der Waals surface area contributed by atoms with E-state index in [0.717, 1.165) is 0 Å². The number of hydrogen-bond acceptors (Lipinski definition) is 2. The van der Waals surface area contributed by atoms with Crippen LogP contribution in [0.2, 0.25) is 0 Å². The zero-order valence-corrected chi connectivity index (χ0v) is 8.95. The predicted octanol–water partition coefficient (Wildman–Crippen LogP) is 3.58. The van der Waals surface area contributed by atoms with Crippen molar-refractivity contribution in [2.75, 3.05) is 0 Å². The highest BCUT2D eigenvalue weighted by Gasteiger charge is 2.20. The van der Waals surface area contributed by atoms with Crippen molar-refractivity contribution in [2.24, 2.45) is 0 Å². The molecule has 0 fully saturated rings. The average Bonchev–Trinajstić information content (AvgIpc) is 2.81. The lowest BCUT2D eigenvalue weighted by Gasteiger charge is -2.06. The standard InChI is InChI=1S/C12H8ClFO2/c13-11(8-1-3-10(14)4-2-8)12(15)9-5-6-16-7-9/h1-7,11H. The van der Waals surface area contributed by atoms with E-state index in [-0.39, 0.29) is 11.6 Å². The summed E-state index contributed by atoms with van der Waals surface area (Å²) in [5.74, 6) is -0.620. The molecule has 0 aliphatic heterocycles. The molecule has 0 spiro atoms. The average molecular weight is 239 g/mol. The second-order valence-electron chi connectivity index (χ2n) is 3.29. The van der Waals surface area contributed by atoms with Crippen molar-refractivity contribution < 1.29 is 13.6 Å². The van der Waals surface area contributed by atoms with Gasteiger partial charge < -0.3 is 4.42 Å². The Morgan fingerprint density at radius 1 is 1.25 bits per heavy atom. The molecule has 2 nitrogen and oxygen atoms in total. The van der Waals surface area contributed by atoms with Crippen LogP contribution in [-0.4, -0.2) is 5.78 Å². The molecule has 0 N–H and O–H groups in total. The van der Waals surface area contributed by atoms with E-state index in [4.69, 9.17) is 16.0 Å². The smallest absolute Gasteiger partial charge is 0.188 e. The van der Waals surface area contributed by atoms with Gasteiger partial charge in [0.15, 0.2) is 5.78 Å². The fourth-order valence-corrected chi connectivity index (χ4v) is 1.61. The molecule has 0 bridgehead atoms. The number of rotatable bonds is 3. The highest BCUT2D eigenvalue weighted by Crippen LogP contribution is 2.25. The number of hydrogen-bond donors (Lipinski definition) is 0. The lowest BCUT2D eigenvalue weighted by molar-refractivity contribution is 0.0986. The highest BCUT2D eigenvalue weighted by molar-refractivity contribution is 6.33. The molecular weight excluding hydrogens is 231 g/mol. The second kappa shape index (κ2) is 4.49. The first-order valence-electron chi connectivity index (χ1n) is 4.64. The molecule has 4 heteroatoms. The molecule has 1 aromatic carbocycles. The van der Waals surface area contributed by atoms with Gasteiger partial charge in [-0.2, -0.15) is 0 Å². The summed E-state index contributed by atoms with van der Waals surface area (Å²) < 4.78 is 17.5. The zero-order valence-electron chi connectivity index (χ0n) is 8.19. The molecule has 82 valence electrons. The van der Waals surface area contributed by atoms with Crippen LogP contribution in [0.25, 0.3) is 0 Å². The van der Waals surface area contributed by atoms with Crippen LogP contribution in [-0.2, 0) is 0 Å². The molecule has 2 aromatic rings. The molecule has 1 heterocycles. The quantitative estimate of drug-likeness (QED) is 0.604. The number of ketones is 1. The van der Waals surface area contributed by atoms with Crippen molar-refractivity contribution in [2.45, 2.75) is 5.38 Å². The third kappa shape index (κ3) is 2.14. The number of halogens is 2. The van der Waals surface area contributed by atoms with E-state index in [1.54, 1.807) is 6.07 Å². The van der Waals surface area contributed by atoms with Gasteiger partial charge in [-0.15, -0.1) is 11.6 Å². The maximum Gasteiger partial charge on any atom is 0.188 e. The van der Waals surface area contributed by atoms with E-state index in [2.05, 4.69) is 0 Å². The van der Waals surface area contributed by atoms with E-state index >= 15 is 0 Å². The Balaban J connectivity index is 2.22. The molecule has 16 heavy (non-hydrogen) atoms. The fraction of sp³-hybridized carbons (Fsp3) is 0.0833. The molecule has 0 saturated heterocycles. The number of alkyl halides is 1. The van der Waals surface area contributed by atoms with Crippen molar-refractivity contribution in [3.8, 4) is 0 Å². The van der Waals surface area contributed by atoms with Gasteiger partial charge in [0, 0.05) is 0 Å². The summed E-state index contributed by atoms with van der Waals surface area (Å²) in [5.41, 5.74) is 0.971. The largest absolute Gasteiger partial charge is 0.472 e. The molecule has 0 radical (unpaired) electrons. The topological polar surface area (TPSA) is 30.2 Å². The lowest BCUT2D eigenvalue weighted by atomic mass is 10.0. The summed E-state index contributed by atoms with van der Waals surface area (Å²) in [6.45, 7) is 0. The van der Waals surface area contributed by atoms with Gasteiger partial charge in [0.1, 0.15) is 17.5 Å².